The van der Waals surface area contributed by atoms with Crippen LogP contribution < -0.4 is 5.32 Å². The fourth-order valence-electron chi connectivity index (χ4n) is 4.70. The Kier molecular flexibility index (Phi) is 11.2. The topological polar surface area (TPSA) is 80.6 Å². The normalized spacial score (nSPS) is 11.4. The maximum atomic E-state index is 13.7. The number of rotatable bonds is 10. The molecule has 0 aliphatic rings. The summed E-state index contributed by atoms with van der Waals surface area (Å²) < 4.78 is 20.3. The Balaban J connectivity index is 0.000000472. The molecule has 0 aliphatic heterocycles. The van der Waals surface area contributed by atoms with Gasteiger partial charge >= 0.3 is 5.97 Å². The van der Waals surface area contributed by atoms with Crippen LogP contribution in [0.4, 0.5) is 10.1 Å². The van der Waals surface area contributed by atoms with E-state index in [1.165, 1.54) is 19.2 Å². The number of para-hydroxylation sites is 1. The minimum absolute atomic E-state index is 0.0182. The van der Waals surface area contributed by atoms with E-state index in [1.807, 2.05) is 86.1 Å². The van der Waals surface area contributed by atoms with Gasteiger partial charge in [-0.25, -0.2) is 4.39 Å². The molecule has 3 aromatic carbocycles. The van der Waals surface area contributed by atoms with Gasteiger partial charge in [0.05, 0.1) is 25.3 Å². The van der Waals surface area contributed by atoms with E-state index in [-0.39, 0.29) is 18.2 Å². The minimum atomic E-state index is -0.884. The smallest absolute Gasteiger partial charge is 0.308 e. The maximum absolute atomic E-state index is 13.7. The number of aromatic nitrogens is 1. The Bertz CT molecular complexity index is 1370. The van der Waals surface area contributed by atoms with E-state index in [1.54, 1.807) is 12.1 Å². The SMILES string of the molecule is CNc1ccccc1.COC(=O)CC(O)CCn1c(-c2ccc(F)cc2)c(-c2ccccc2)c(C=O)c1C(C)C. The van der Waals surface area contributed by atoms with Crippen LogP contribution in [0.3, 0.4) is 0 Å². The zero-order valence-corrected chi connectivity index (χ0v) is 23.4. The second-order valence-electron chi connectivity index (χ2n) is 9.66. The van der Waals surface area contributed by atoms with Gasteiger partial charge in [-0.05, 0) is 59.9 Å². The number of benzene rings is 3. The first-order valence-electron chi connectivity index (χ1n) is 13.3. The third-order valence-electron chi connectivity index (χ3n) is 6.57. The molecule has 0 fully saturated rings. The van der Waals surface area contributed by atoms with E-state index < -0.39 is 12.1 Å². The lowest BCUT2D eigenvalue weighted by Gasteiger charge is -2.18. The van der Waals surface area contributed by atoms with E-state index >= 15 is 0 Å². The van der Waals surface area contributed by atoms with Crippen LogP contribution in [0.25, 0.3) is 22.4 Å². The number of nitrogens with one attached hydrogen (secondary N) is 1. The van der Waals surface area contributed by atoms with Gasteiger partial charge in [0, 0.05) is 36.1 Å². The highest BCUT2D eigenvalue weighted by atomic mass is 19.1. The number of aldehydes is 1. The van der Waals surface area contributed by atoms with Crippen LogP contribution in [-0.4, -0.2) is 42.2 Å². The Morgan fingerprint density at radius 2 is 1.57 bits per heavy atom. The molecule has 0 bridgehead atoms. The molecule has 0 saturated carbocycles. The third kappa shape index (κ3) is 7.67. The van der Waals surface area contributed by atoms with Gasteiger partial charge in [0.25, 0.3) is 0 Å². The monoisotopic (exact) mass is 544 g/mol. The molecule has 4 rings (SSSR count). The number of carbonyl (C=O) groups is 2. The average molecular weight is 545 g/mol. The van der Waals surface area contributed by atoms with E-state index in [0.717, 1.165) is 40.1 Å². The van der Waals surface area contributed by atoms with Crippen molar-refractivity contribution in [1.29, 1.82) is 0 Å². The first-order valence-corrected chi connectivity index (χ1v) is 13.3. The second kappa shape index (κ2) is 14.8. The van der Waals surface area contributed by atoms with Crippen molar-refractivity contribution in [3.63, 3.8) is 0 Å². The fourth-order valence-corrected chi connectivity index (χ4v) is 4.70. The number of ether oxygens (including phenoxy) is 1. The van der Waals surface area contributed by atoms with Crippen LogP contribution in [0.1, 0.15) is 48.7 Å². The molecule has 210 valence electrons. The number of esters is 1. The first kappa shape index (κ1) is 30.3. The average Bonchev–Trinajstić information content (AvgIpc) is 3.32. The van der Waals surface area contributed by atoms with Gasteiger partial charge in [0.15, 0.2) is 6.29 Å². The quantitative estimate of drug-likeness (QED) is 0.167. The lowest BCUT2D eigenvalue weighted by atomic mass is 9.96. The summed E-state index contributed by atoms with van der Waals surface area (Å²) in [5, 5.41) is 13.4. The van der Waals surface area contributed by atoms with Crippen molar-refractivity contribution in [2.45, 2.75) is 45.3 Å². The number of methoxy groups -OCH3 is 1. The molecule has 1 aromatic heterocycles. The zero-order chi connectivity index (χ0) is 29.1. The fraction of sp³-hybridized carbons (Fsp3) is 0.273. The van der Waals surface area contributed by atoms with Crippen LogP contribution in [-0.2, 0) is 16.1 Å². The van der Waals surface area contributed by atoms with Crippen LogP contribution in [0.15, 0.2) is 84.9 Å². The molecule has 1 atom stereocenters. The van der Waals surface area contributed by atoms with Gasteiger partial charge in [-0.2, -0.15) is 0 Å². The molecule has 0 aliphatic carbocycles. The molecule has 6 nitrogen and oxygen atoms in total. The van der Waals surface area contributed by atoms with Crippen molar-refractivity contribution in [2.75, 3.05) is 19.5 Å². The lowest BCUT2D eigenvalue weighted by molar-refractivity contribution is -0.142. The molecule has 40 heavy (non-hydrogen) atoms. The van der Waals surface area contributed by atoms with Gasteiger partial charge in [0.2, 0.25) is 0 Å². The predicted molar refractivity (Wildman–Crippen MR) is 158 cm³/mol. The van der Waals surface area contributed by atoms with Gasteiger partial charge in [-0.1, -0.05) is 62.4 Å². The number of anilines is 1. The van der Waals surface area contributed by atoms with E-state index in [0.29, 0.717) is 18.5 Å². The highest BCUT2D eigenvalue weighted by Crippen LogP contribution is 2.41. The van der Waals surface area contributed by atoms with Crippen molar-refractivity contribution in [1.82, 2.24) is 4.57 Å². The van der Waals surface area contributed by atoms with E-state index in [2.05, 4.69) is 10.1 Å². The van der Waals surface area contributed by atoms with Crippen molar-refractivity contribution in [3.05, 3.63) is 102 Å². The molecule has 1 heterocycles. The summed E-state index contributed by atoms with van der Waals surface area (Å²) in [4.78, 5) is 23.9. The van der Waals surface area contributed by atoms with Gasteiger partial charge in [-0.3, -0.25) is 9.59 Å². The molecule has 7 heteroatoms. The zero-order valence-electron chi connectivity index (χ0n) is 23.4. The Labute approximate surface area is 235 Å². The molecule has 0 spiro atoms. The van der Waals surface area contributed by atoms with Crippen LogP contribution >= 0.6 is 0 Å². The summed E-state index contributed by atoms with van der Waals surface area (Å²) in [5.74, 6) is -0.808. The third-order valence-corrected chi connectivity index (χ3v) is 6.57. The van der Waals surface area contributed by atoms with Crippen LogP contribution in [0, 0.1) is 5.82 Å². The van der Waals surface area contributed by atoms with Gasteiger partial charge < -0.3 is 19.7 Å². The second-order valence-corrected chi connectivity index (χ2v) is 9.66. The summed E-state index contributed by atoms with van der Waals surface area (Å²) in [6.45, 7) is 4.39. The predicted octanol–water partition coefficient (Wildman–Crippen LogP) is 6.94. The van der Waals surface area contributed by atoms with Crippen molar-refractivity contribution in [3.8, 4) is 22.4 Å². The molecule has 2 N–H and O–H groups in total. The minimum Gasteiger partial charge on any atom is -0.469 e. The number of nitrogens with zero attached hydrogens (tertiary/aromatic N) is 1. The van der Waals surface area contributed by atoms with Crippen LogP contribution in [0.2, 0.25) is 0 Å². The number of hydrogen-bond donors (Lipinski definition) is 2. The Morgan fingerprint density at radius 3 is 2.08 bits per heavy atom. The van der Waals surface area contributed by atoms with Gasteiger partial charge in [0.1, 0.15) is 5.82 Å². The summed E-state index contributed by atoms with van der Waals surface area (Å²) in [7, 11) is 3.20. The summed E-state index contributed by atoms with van der Waals surface area (Å²) in [5.41, 5.74) is 5.78. The largest absolute Gasteiger partial charge is 0.469 e. The highest BCUT2D eigenvalue weighted by Gasteiger charge is 2.26. The Morgan fingerprint density at radius 1 is 0.975 bits per heavy atom. The molecule has 0 amide bonds. The summed E-state index contributed by atoms with van der Waals surface area (Å²) in [6.07, 6.45) is 0.175. The van der Waals surface area contributed by atoms with E-state index in [4.69, 9.17) is 0 Å². The number of hydrogen-bond acceptors (Lipinski definition) is 5. The molecule has 0 saturated heterocycles. The summed E-state index contributed by atoms with van der Waals surface area (Å²) >= 11 is 0. The molecule has 4 aromatic rings. The number of aliphatic hydroxyl groups excluding tert-OH is 1. The van der Waals surface area contributed by atoms with Crippen molar-refractivity contribution in [2.24, 2.45) is 0 Å². The van der Waals surface area contributed by atoms with Crippen molar-refractivity contribution >= 4 is 17.9 Å². The molecule has 1 unspecified atom stereocenters. The number of aliphatic hydroxyl groups is 1. The molecule has 0 radical (unpaired) electrons. The summed E-state index contributed by atoms with van der Waals surface area (Å²) in [6, 6.07) is 25.8. The van der Waals surface area contributed by atoms with Crippen molar-refractivity contribution < 1.29 is 23.8 Å². The number of halogens is 1. The standard InChI is InChI=1S/C26H28FNO4.C7H9N/c1-17(2)25-22(16-29)24(18-7-5-4-6-8-18)26(19-9-11-20(27)12-10-19)28(25)14-13-21(30)15-23(31)32-3;1-8-7-5-3-2-4-6-7/h4-12,16-17,21,30H,13-15H2,1-3H3;2-6,8H,1H3. The highest BCUT2D eigenvalue weighted by molar-refractivity contribution is 5.97. The van der Waals surface area contributed by atoms with E-state index in [9.17, 15) is 19.1 Å². The van der Waals surface area contributed by atoms with Gasteiger partial charge in [-0.15, -0.1) is 0 Å². The maximum Gasteiger partial charge on any atom is 0.308 e. The molecular formula is C33H37FN2O4. The first-order chi connectivity index (χ1) is 19.3. The van der Waals surface area contributed by atoms with Crippen LogP contribution in [0.5, 0.6) is 0 Å². The molecular weight excluding hydrogens is 507 g/mol. The lowest BCUT2D eigenvalue weighted by Crippen LogP contribution is -2.18. The number of carbonyl (C=O) groups excluding carboxylic acids is 2. The Hall–Kier alpha value is -4.23.